The molecule has 5 heteroatoms. The number of ether oxygens (including phenoxy) is 1. The Labute approximate surface area is 130 Å². The zero-order valence-electron chi connectivity index (χ0n) is 13.0. The molecule has 2 aliphatic heterocycles. The Hall–Kier alpha value is -1.62. The fraction of sp³-hybridized carbons (Fsp3) is 0.588. The van der Waals surface area contributed by atoms with Gasteiger partial charge < -0.3 is 14.5 Å². The third kappa shape index (κ3) is 2.95. The summed E-state index contributed by atoms with van der Waals surface area (Å²) in [5.41, 5.74) is 1.30. The van der Waals surface area contributed by atoms with E-state index in [0.717, 1.165) is 45.4 Å². The van der Waals surface area contributed by atoms with E-state index in [1.807, 2.05) is 17.0 Å². The van der Waals surface area contributed by atoms with Crippen LogP contribution in [0.25, 0.3) is 0 Å². The van der Waals surface area contributed by atoms with Crippen LogP contribution in [0.15, 0.2) is 18.2 Å². The van der Waals surface area contributed by atoms with Crippen molar-refractivity contribution in [3.8, 4) is 0 Å². The van der Waals surface area contributed by atoms with Crippen LogP contribution in [-0.4, -0.2) is 44.6 Å². The average Bonchev–Trinajstić information content (AvgIpc) is 2.50. The lowest BCUT2D eigenvalue weighted by atomic mass is 9.79. The van der Waals surface area contributed by atoms with E-state index in [1.165, 1.54) is 0 Å². The molecule has 120 valence electrons. The van der Waals surface area contributed by atoms with Gasteiger partial charge in [0.05, 0.1) is 12.3 Å². The predicted octanol–water partition coefficient (Wildman–Crippen LogP) is 2.28. The highest BCUT2D eigenvalue weighted by Crippen LogP contribution is 2.36. The van der Waals surface area contributed by atoms with E-state index in [4.69, 9.17) is 4.74 Å². The van der Waals surface area contributed by atoms with E-state index in [9.17, 15) is 9.18 Å². The predicted molar refractivity (Wildman–Crippen MR) is 83.2 cm³/mol. The largest absolute Gasteiger partial charge is 0.380 e. The van der Waals surface area contributed by atoms with Crippen LogP contribution in [0.5, 0.6) is 0 Å². The normalized spacial score (nSPS) is 20.1. The lowest BCUT2D eigenvalue weighted by molar-refractivity contribution is -0.119. The summed E-state index contributed by atoms with van der Waals surface area (Å²) in [5.74, 6) is 1.13. The second-order valence-electron chi connectivity index (χ2n) is 6.33. The van der Waals surface area contributed by atoms with E-state index in [0.29, 0.717) is 29.7 Å². The number of carbonyl (C=O) groups is 1. The lowest BCUT2D eigenvalue weighted by Gasteiger charge is -2.47. The van der Waals surface area contributed by atoms with Crippen molar-refractivity contribution in [1.82, 2.24) is 4.90 Å². The summed E-state index contributed by atoms with van der Waals surface area (Å²) in [5, 5.41) is 0. The van der Waals surface area contributed by atoms with Gasteiger partial charge in [0.15, 0.2) is 5.82 Å². The highest BCUT2D eigenvalue weighted by Gasteiger charge is 2.36. The molecule has 2 heterocycles. The lowest BCUT2D eigenvalue weighted by Crippen LogP contribution is -2.52. The summed E-state index contributed by atoms with van der Waals surface area (Å²) in [6.45, 7) is 3.87. The molecule has 0 spiro atoms. The molecule has 0 bridgehead atoms. The van der Waals surface area contributed by atoms with Crippen molar-refractivity contribution in [2.24, 2.45) is 11.8 Å². The molecule has 2 aliphatic rings. The van der Waals surface area contributed by atoms with Gasteiger partial charge in [-0.1, -0.05) is 12.1 Å². The number of nitrogens with zero attached hydrogens (tertiary/aromatic N) is 2. The molecule has 4 nitrogen and oxygen atoms in total. The Morgan fingerprint density at radius 1 is 1.27 bits per heavy atom. The van der Waals surface area contributed by atoms with Crippen LogP contribution in [0.3, 0.4) is 0 Å². The summed E-state index contributed by atoms with van der Waals surface area (Å²) in [6, 6.07) is 5.51. The van der Waals surface area contributed by atoms with Gasteiger partial charge in [-0.2, -0.15) is 0 Å². The summed E-state index contributed by atoms with van der Waals surface area (Å²) in [6.07, 6.45) is 3.09. The van der Waals surface area contributed by atoms with Crippen molar-refractivity contribution in [3.05, 3.63) is 29.6 Å². The molecular formula is C17H23FN2O2. The summed E-state index contributed by atoms with van der Waals surface area (Å²) in [7, 11) is 1.58. The third-order valence-electron chi connectivity index (χ3n) is 5.00. The van der Waals surface area contributed by atoms with E-state index >= 15 is 0 Å². The maximum absolute atomic E-state index is 14.4. The van der Waals surface area contributed by atoms with Crippen LogP contribution < -0.4 is 4.90 Å². The van der Waals surface area contributed by atoms with Crippen molar-refractivity contribution < 1.29 is 13.9 Å². The number of piperidine rings is 1. The van der Waals surface area contributed by atoms with E-state index in [-0.39, 0.29) is 5.82 Å². The second kappa shape index (κ2) is 6.65. The van der Waals surface area contributed by atoms with Crippen molar-refractivity contribution in [3.63, 3.8) is 0 Å². The van der Waals surface area contributed by atoms with Crippen LogP contribution in [0.2, 0.25) is 0 Å². The Bertz CT molecular complexity index is 523. The molecule has 0 unspecified atom stereocenters. The molecular weight excluding hydrogens is 283 g/mol. The molecule has 1 aromatic rings. The van der Waals surface area contributed by atoms with Gasteiger partial charge in [0.1, 0.15) is 0 Å². The topological polar surface area (TPSA) is 32.8 Å². The first kappa shape index (κ1) is 15.3. The molecule has 3 rings (SSSR count). The number of halogens is 1. The van der Waals surface area contributed by atoms with Crippen LogP contribution in [0, 0.1) is 17.7 Å². The minimum absolute atomic E-state index is 0.154. The van der Waals surface area contributed by atoms with Crippen LogP contribution in [-0.2, 0) is 16.1 Å². The van der Waals surface area contributed by atoms with E-state index < -0.39 is 0 Å². The van der Waals surface area contributed by atoms with Gasteiger partial charge in [0, 0.05) is 38.9 Å². The van der Waals surface area contributed by atoms with Crippen molar-refractivity contribution >= 4 is 12.1 Å². The standard InChI is InChI=1S/C17H23FN2O2/c1-22-11-14-3-2-4-16(17(14)18)20-9-15(10-20)13-5-7-19(12-21)8-6-13/h2-4,12-13,15H,5-11H2,1H3. The number of likely N-dealkylation sites (tertiary alicyclic amines) is 1. The van der Waals surface area contributed by atoms with Crippen LogP contribution in [0.1, 0.15) is 18.4 Å². The zero-order chi connectivity index (χ0) is 15.5. The third-order valence-corrected chi connectivity index (χ3v) is 5.00. The molecule has 0 atom stereocenters. The van der Waals surface area contributed by atoms with Crippen LogP contribution in [0.4, 0.5) is 10.1 Å². The zero-order valence-corrected chi connectivity index (χ0v) is 13.0. The molecule has 0 saturated carbocycles. The Morgan fingerprint density at radius 3 is 2.64 bits per heavy atom. The fourth-order valence-electron chi connectivity index (χ4n) is 3.58. The Balaban J connectivity index is 1.57. The molecule has 0 aliphatic carbocycles. The monoisotopic (exact) mass is 306 g/mol. The van der Waals surface area contributed by atoms with Gasteiger partial charge in [0.2, 0.25) is 6.41 Å². The molecule has 1 amide bonds. The van der Waals surface area contributed by atoms with Crippen molar-refractivity contribution in [1.29, 1.82) is 0 Å². The smallest absolute Gasteiger partial charge is 0.209 e. The molecule has 0 aromatic heterocycles. The van der Waals surface area contributed by atoms with Crippen LogP contribution >= 0.6 is 0 Å². The quantitative estimate of drug-likeness (QED) is 0.783. The Kier molecular flexibility index (Phi) is 4.62. The number of methoxy groups -OCH3 is 1. The summed E-state index contributed by atoms with van der Waals surface area (Å²) < 4.78 is 19.5. The maximum atomic E-state index is 14.4. The minimum Gasteiger partial charge on any atom is -0.380 e. The number of hydrogen-bond donors (Lipinski definition) is 0. The van der Waals surface area contributed by atoms with Crippen molar-refractivity contribution in [2.45, 2.75) is 19.4 Å². The molecule has 2 saturated heterocycles. The van der Waals surface area contributed by atoms with Gasteiger partial charge in [-0.15, -0.1) is 0 Å². The number of amides is 1. The van der Waals surface area contributed by atoms with Gasteiger partial charge >= 0.3 is 0 Å². The minimum atomic E-state index is -0.154. The molecule has 1 aromatic carbocycles. The molecule has 0 radical (unpaired) electrons. The van der Waals surface area contributed by atoms with Gasteiger partial charge in [0.25, 0.3) is 0 Å². The van der Waals surface area contributed by atoms with E-state index in [1.54, 1.807) is 13.2 Å². The van der Waals surface area contributed by atoms with Gasteiger partial charge in [-0.25, -0.2) is 4.39 Å². The number of carbonyl (C=O) groups excluding carboxylic acids is 1. The second-order valence-corrected chi connectivity index (χ2v) is 6.33. The first-order valence-corrected chi connectivity index (χ1v) is 7.93. The SMILES string of the molecule is COCc1cccc(N2CC(C3CCN(C=O)CC3)C2)c1F. The number of rotatable bonds is 5. The first-order chi connectivity index (χ1) is 10.7. The summed E-state index contributed by atoms with van der Waals surface area (Å²) >= 11 is 0. The fourth-order valence-corrected chi connectivity index (χ4v) is 3.58. The average molecular weight is 306 g/mol. The molecule has 0 N–H and O–H groups in total. The highest BCUT2D eigenvalue weighted by atomic mass is 19.1. The van der Waals surface area contributed by atoms with Crippen molar-refractivity contribution in [2.75, 3.05) is 38.2 Å². The Morgan fingerprint density at radius 2 is 2.00 bits per heavy atom. The molecule has 2 fully saturated rings. The maximum Gasteiger partial charge on any atom is 0.209 e. The van der Waals surface area contributed by atoms with E-state index in [2.05, 4.69) is 4.90 Å². The number of benzene rings is 1. The summed E-state index contributed by atoms with van der Waals surface area (Å²) in [4.78, 5) is 14.7. The molecule has 22 heavy (non-hydrogen) atoms. The van der Waals surface area contributed by atoms with Gasteiger partial charge in [-0.05, 0) is 30.7 Å². The number of hydrogen-bond acceptors (Lipinski definition) is 3. The first-order valence-electron chi connectivity index (χ1n) is 7.93. The van der Waals surface area contributed by atoms with Gasteiger partial charge in [-0.3, -0.25) is 4.79 Å². The number of anilines is 1. The highest BCUT2D eigenvalue weighted by molar-refractivity contribution is 5.52.